The van der Waals surface area contributed by atoms with Crippen molar-refractivity contribution in [3.63, 3.8) is 0 Å². The number of ether oxygens (including phenoxy) is 1. The second kappa shape index (κ2) is 7.05. The highest BCUT2D eigenvalue weighted by atomic mass is 79.9. The van der Waals surface area contributed by atoms with Gasteiger partial charge in [-0.2, -0.15) is 5.10 Å². The highest BCUT2D eigenvalue weighted by Gasteiger charge is 2.27. The molecule has 5 heteroatoms. The van der Waals surface area contributed by atoms with Gasteiger partial charge in [-0.3, -0.25) is 4.68 Å². The van der Waals surface area contributed by atoms with Gasteiger partial charge in [-0.25, -0.2) is 0 Å². The maximum atomic E-state index is 6.40. The lowest BCUT2D eigenvalue weighted by atomic mass is 9.83. The monoisotopic (exact) mass is 343 g/mol. The summed E-state index contributed by atoms with van der Waals surface area (Å²) in [5, 5.41) is 4.59. The summed E-state index contributed by atoms with van der Waals surface area (Å²) in [5.41, 5.74) is 8.52. The third-order valence-corrected chi connectivity index (χ3v) is 5.09. The van der Waals surface area contributed by atoms with Crippen molar-refractivity contribution in [2.24, 2.45) is 5.73 Å². The van der Waals surface area contributed by atoms with Gasteiger partial charge in [0, 0.05) is 12.1 Å². The molecule has 1 aliphatic rings. The SMILES string of the molecule is CCc1nn(CC)c(COCC2(N)CCCCC2)c1Br. The van der Waals surface area contributed by atoms with Gasteiger partial charge >= 0.3 is 0 Å². The number of rotatable bonds is 6. The molecule has 20 heavy (non-hydrogen) atoms. The molecular formula is C15H26BrN3O. The molecule has 0 amide bonds. The van der Waals surface area contributed by atoms with E-state index in [2.05, 4.69) is 34.9 Å². The molecule has 0 unspecified atom stereocenters. The first-order valence-electron chi connectivity index (χ1n) is 7.70. The number of hydrogen-bond donors (Lipinski definition) is 1. The van der Waals surface area contributed by atoms with Crippen molar-refractivity contribution in [2.45, 2.75) is 71.1 Å². The lowest BCUT2D eigenvalue weighted by molar-refractivity contribution is 0.0536. The number of nitrogens with zero attached hydrogens (tertiary/aromatic N) is 2. The fraction of sp³-hybridized carbons (Fsp3) is 0.800. The fourth-order valence-electron chi connectivity index (χ4n) is 2.91. The molecule has 0 atom stereocenters. The minimum Gasteiger partial charge on any atom is -0.373 e. The van der Waals surface area contributed by atoms with Crippen molar-refractivity contribution in [1.82, 2.24) is 9.78 Å². The van der Waals surface area contributed by atoms with Crippen LogP contribution in [-0.2, 0) is 24.3 Å². The van der Waals surface area contributed by atoms with Crippen LogP contribution < -0.4 is 5.73 Å². The quantitative estimate of drug-likeness (QED) is 0.860. The van der Waals surface area contributed by atoms with Crippen LogP contribution >= 0.6 is 15.9 Å². The molecule has 1 aromatic heterocycles. The normalized spacial score (nSPS) is 18.4. The molecule has 1 aromatic rings. The first kappa shape index (κ1) is 16.0. The minimum atomic E-state index is -0.116. The van der Waals surface area contributed by atoms with Crippen LogP contribution in [0.15, 0.2) is 4.47 Å². The largest absolute Gasteiger partial charge is 0.373 e. The average molecular weight is 344 g/mol. The molecule has 1 saturated carbocycles. The Labute approximate surface area is 130 Å². The number of aromatic nitrogens is 2. The molecule has 0 radical (unpaired) electrons. The zero-order valence-electron chi connectivity index (χ0n) is 12.6. The number of nitrogens with two attached hydrogens (primary N) is 1. The number of halogens is 1. The van der Waals surface area contributed by atoms with E-state index in [-0.39, 0.29) is 5.54 Å². The van der Waals surface area contributed by atoms with E-state index in [4.69, 9.17) is 10.5 Å². The molecule has 0 bridgehead atoms. The zero-order chi connectivity index (χ0) is 14.6. The van der Waals surface area contributed by atoms with Crippen molar-refractivity contribution in [1.29, 1.82) is 0 Å². The van der Waals surface area contributed by atoms with E-state index in [1.54, 1.807) is 0 Å². The summed E-state index contributed by atoms with van der Waals surface area (Å²) in [5.74, 6) is 0. The van der Waals surface area contributed by atoms with Crippen molar-refractivity contribution in [3.8, 4) is 0 Å². The Balaban J connectivity index is 1.95. The van der Waals surface area contributed by atoms with Gasteiger partial charge in [0.05, 0.1) is 29.1 Å². The predicted molar refractivity (Wildman–Crippen MR) is 84.6 cm³/mol. The van der Waals surface area contributed by atoms with Crippen LogP contribution in [0.4, 0.5) is 0 Å². The van der Waals surface area contributed by atoms with Gasteiger partial charge in [0.1, 0.15) is 0 Å². The van der Waals surface area contributed by atoms with Gasteiger partial charge in [0.15, 0.2) is 0 Å². The molecule has 2 rings (SSSR count). The van der Waals surface area contributed by atoms with E-state index >= 15 is 0 Å². The van der Waals surface area contributed by atoms with Gasteiger partial charge in [-0.05, 0) is 42.1 Å². The lowest BCUT2D eigenvalue weighted by Gasteiger charge is -2.33. The second-order valence-electron chi connectivity index (χ2n) is 5.79. The van der Waals surface area contributed by atoms with E-state index in [9.17, 15) is 0 Å². The average Bonchev–Trinajstić information content (AvgIpc) is 2.76. The van der Waals surface area contributed by atoms with E-state index in [1.165, 1.54) is 19.3 Å². The lowest BCUT2D eigenvalue weighted by Crippen LogP contribution is -2.46. The summed E-state index contributed by atoms with van der Waals surface area (Å²) < 4.78 is 9.04. The molecule has 1 aliphatic carbocycles. The van der Waals surface area contributed by atoms with E-state index in [1.807, 2.05) is 4.68 Å². The topological polar surface area (TPSA) is 53.1 Å². The Kier molecular flexibility index (Phi) is 5.64. The fourth-order valence-corrected chi connectivity index (χ4v) is 3.59. The van der Waals surface area contributed by atoms with E-state index in [0.717, 1.165) is 41.7 Å². The van der Waals surface area contributed by atoms with Gasteiger partial charge < -0.3 is 10.5 Å². The van der Waals surface area contributed by atoms with E-state index in [0.29, 0.717) is 13.2 Å². The second-order valence-corrected chi connectivity index (χ2v) is 6.59. The van der Waals surface area contributed by atoms with Crippen molar-refractivity contribution < 1.29 is 4.74 Å². The van der Waals surface area contributed by atoms with Crippen LogP contribution in [-0.4, -0.2) is 21.9 Å². The number of aryl methyl sites for hydroxylation is 2. The third kappa shape index (κ3) is 3.62. The highest BCUT2D eigenvalue weighted by molar-refractivity contribution is 9.10. The van der Waals surface area contributed by atoms with Gasteiger partial charge in [-0.15, -0.1) is 0 Å². The van der Waals surface area contributed by atoms with Crippen molar-refractivity contribution in [2.75, 3.05) is 6.61 Å². The summed E-state index contributed by atoms with van der Waals surface area (Å²) in [6, 6.07) is 0. The molecule has 1 heterocycles. The molecule has 4 nitrogen and oxygen atoms in total. The predicted octanol–water partition coefficient (Wildman–Crippen LogP) is 3.41. The molecule has 114 valence electrons. The Morgan fingerprint density at radius 3 is 2.60 bits per heavy atom. The smallest absolute Gasteiger partial charge is 0.0897 e. The first-order chi connectivity index (χ1) is 9.59. The summed E-state index contributed by atoms with van der Waals surface area (Å²) in [7, 11) is 0. The van der Waals surface area contributed by atoms with Gasteiger partial charge in [0.25, 0.3) is 0 Å². The van der Waals surface area contributed by atoms with Crippen molar-refractivity contribution >= 4 is 15.9 Å². The Morgan fingerprint density at radius 2 is 2.00 bits per heavy atom. The van der Waals surface area contributed by atoms with Gasteiger partial charge in [-0.1, -0.05) is 26.2 Å². The summed E-state index contributed by atoms with van der Waals surface area (Å²) in [6.07, 6.45) is 6.88. The summed E-state index contributed by atoms with van der Waals surface area (Å²) in [6.45, 7) is 6.32. The minimum absolute atomic E-state index is 0.116. The zero-order valence-corrected chi connectivity index (χ0v) is 14.2. The standard InChI is InChI=1S/C15H26BrN3O/c1-3-12-14(16)13(19(4-2)18-12)10-20-11-15(17)8-6-5-7-9-15/h3-11,17H2,1-2H3. The van der Waals surface area contributed by atoms with E-state index < -0.39 is 0 Å². The number of hydrogen-bond acceptors (Lipinski definition) is 3. The Hall–Kier alpha value is -0.390. The maximum Gasteiger partial charge on any atom is 0.0897 e. The van der Waals surface area contributed by atoms with Crippen LogP contribution in [0.1, 0.15) is 57.3 Å². The first-order valence-corrected chi connectivity index (χ1v) is 8.49. The van der Waals surface area contributed by atoms with Crippen LogP contribution in [0, 0.1) is 0 Å². The van der Waals surface area contributed by atoms with Crippen molar-refractivity contribution in [3.05, 3.63) is 15.9 Å². The van der Waals surface area contributed by atoms with Crippen LogP contribution in [0.25, 0.3) is 0 Å². The maximum absolute atomic E-state index is 6.40. The van der Waals surface area contributed by atoms with Crippen LogP contribution in [0.2, 0.25) is 0 Å². The summed E-state index contributed by atoms with van der Waals surface area (Å²) >= 11 is 3.65. The highest BCUT2D eigenvalue weighted by Crippen LogP contribution is 2.27. The molecule has 0 aromatic carbocycles. The molecule has 2 N–H and O–H groups in total. The molecular weight excluding hydrogens is 318 g/mol. The third-order valence-electron chi connectivity index (χ3n) is 4.17. The molecule has 1 fully saturated rings. The Bertz CT molecular complexity index is 439. The van der Waals surface area contributed by atoms with Crippen LogP contribution in [0.5, 0.6) is 0 Å². The van der Waals surface area contributed by atoms with Crippen LogP contribution in [0.3, 0.4) is 0 Å². The van der Waals surface area contributed by atoms with Gasteiger partial charge in [0.2, 0.25) is 0 Å². The summed E-state index contributed by atoms with van der Waals surface area (Å²) in [4.78, 5) is 0. The molecule has 0 spiro atoms. The Morgan fingerprint density at radius 1 is 1.30 bits per heavy atom. The molecule has 0 saturated heterocycles. The molecule has 0 aliphatic heterocycles.